The third-order valence-corrected chi connectivity index (χ3v) is 4.22. The van der Waals surface area contributed by atoms with Gasteiger partial charge in [-0.15, -0.1) is 11.3 Å². The van der Waals surface area contributed by atoms with Gasteiger partial charge in [-0.05, 0) is 23.1 Å². The van der Waals surface area contributed by atoms with Crippen LogP contribution in [0.5, 0.6) is 0 Å². The first-order valence-corrected chi connectivity index (χ1v) is 6.72. The van der Waals surface area contributed by atoms with Gasteiger partial charge in [-0.25, -0.2) is 0 Å². The average Bonchev–Trinajstić information content (AvgIpc) is 2.66. The van der Waals surface area contributed by atoms with Crippen LogP contribution in [0.1, 0.15) is 11.1 Å². The van der Waals surface area contributed by atoms with Crippen LogP contribution in [-0.4, -0.2) is 0 Å². The highest BCUT2D eigenvalue weighted by Gasteiger charge is 2.10. The third-order valence-electron chi connectivity index (χ3n) is 2.03. The Hall–Kier alpha value is -0.370. The van der Waals surface area contributed by atoms with Gasteiger partial charge in [0, 0.05) is 15.2 Å². The van der Waals surface area contributed by atoms with E-state index < -0.39 is 0 Å². The Balaban J connectivity index is 2.91. The third kappa shape index (κ3) is 1.50. The van der Waals surface area contributed by atoms with E-state index in [9.17, 15) is 0 Å². The van der Waals surface area contributed by atoms with E-state index in [0.29, 0.717) is 5.33 Å². The summed E-state index contributed by atoms with van der Waals surface area (Å²) in [5, 5.41) is 12.9. The summed E-state index contributed by atoms with van der Waals surface area (Å²) in [6.45, 7) is 0. The second-order valence-electron chi connectivity index (χ2n) is 2.80. The molecule has 0 atom stereocenters. The van der Waals surface area contributed by atoms with E-state index in [0.717, 1.165) is 25.7 Å². The van der Waals surface area contributed by atoms with Gasteiger partial charge in [-0.1, -0.05) is 31.9 Å². The molecule has 0 radical (unpaired) electrons. The normalized spacial score (nSPS) is 10.4. The van der Waals surface area contributed by atoms with Crippen molar-refractivity contribution in [3.8, 4) is 6.07 Å². The molecular formula is C10H5Br2NS. The predicted octanol–water partition coefficient (Wildman–Crippen LogP) is 4.43. The molecule has 0 saturated heterocycles. The first kappa shape index (κ1) is 10.2. The summed E-state index contributed by atoms with van der Waals surface area (Å²) in [4.78, 5) is 0. The summed E-state index contributed by atoms with van der Waals surface area (Å²) in [7, 11) is 0. The van der Waals surface area contributed by atoms with Crippen molar-refractivity contribution in [1.82, 2.24) is 0 Å². The molecule has 1 nitrogen and oxygen atoms in total. The van der Waals surface area contributed by atoms with Gasteiger partial charge in [0.2, 0.25) is 0 Å². The largest absolute Gasteiger partial charge is 0.192 e. The summed E-state index contributed by atoms with van der Waals surface area (Å²) < 4.78 is 2.12. The average molecular weight is 331 g/mol. The number of nitriles is 1. The van der Waals surface area contributed by atoms with Crippen LogP contribution in [0, 0.1) is 11.3 Å². The standard InChI is InChI=1S/C10H5Br2NS/c11-4-6-3-9(12)7-1-2-14-10(7)8(6)5-13/h1-3H,4H2. The fraction of sp³-hybridized carbons (Fsp3) is 0.100. The number of hydrogen-bond acceptors (Lipinski definition) is 2. The molecule has 14 heavy (non-hydrogen) atoms. The Morgan fingerprint density at radius 3 is 2.93 bits per heavy atom. The van der Waals surface area contributed by atoms with Crippen molar-refractivity contribution in [2.24, 2.45) is 0 Å². The lowest BCUT2D eigenvalue weighted by atomic mass is 10.1. The van der Waals surface area contributed by atoms with Gasteiger partial charge in [0.15, 0.2) is 0 Å². The number of nitrogens with zero attached hydrogens (tertiary/aromatic N) is 1. The Kier molecular flexibility index (Phi) is 2.91. The number of alkyl halides is 1. The quantitative estimate of drug-likeness (QED) is 0.709. The zero-order chi connectivity index (χ0) is 10.1. The SMILES string of the molecule is N#Cc1c(CBr)cc(Br)c2ccsc12. The minimum Gasteiger partial charge on any atom is -0.192 e. The van der Waals surface area contributed by atoms with E-state index in [4.69, 9.17) is 5.26 Å². The molecule has 2 aromatic rings. The molecule has 0 bridgehead atoms. The van der Waals surface area contributed by atoms with Crippen LogP contribution < -0.4 is 0 Å². The molecule has 0 N–H and O–H groups in total. The summed E-state index contributed by atoms with van der Waals surface area (Å²) in [6.07, 6.45) is 0. The molecule has 1 aromatic carbocycles. The van der Waals surface area contributed by atoms with E-state index in [2.05, 4.69) is 37.9 Å². The monoisotopic (exact) mass is 329 g/mol. The van der Waals surface area contributed by atoms with Crippen molar-refractivity contribution in [1.29, 1.82) is 5.26 Å². The lowest BCUT2D eigenvalue weighted by Crippen LogP contribution is -1.86. The van der Waals surface area contributed by atoms with E-state index in [1.165, 1.54) is 0 Å². The Bertz CT molecular complexity index is 525. The summed E-state index contributed by atoms with van der Waals surface area (Å²) >= 11 is 8.51. The Morgan fingerprint density at radius 2 is 2.29 bits per heavy atom. The number of rotatable bonds is 1. The molecule has 4 heteroatoms. The lowest BCUT2D eigenvalue weighted by molar-refractivity contribution is 1.40. The Morgan fingerprint density at radius 1 is 1.50 bits per heavy atom. The minimum atomic E-state index is 0.711. The highest BCUT2D eigenvalue weighted by atomic mass is 79.9. The lowest BCUT2D eigenvalue weighted by Gasteiger charge is -2.03. The topological polar surface area (TPSA) is 23.8 Å². The summed E-state index contributed by atoms with van der Waals surface area (Å²) in [6, 6.07) is 6.30. The molecule has 1 heterocycles. The second kappa shape index (κ2) is 4.01. The van der Waals surface area contributed by atoms with Crippen LogP contribution in [0.3, 0.4) is 0 Å². The van der Waals surface area contributed by atoms with E-state index in [1.807, 2.05) is 17.5 Å². The number of halogens is 2. The van der Waals surface area contributed by atoms with Crippen LogP contribution in [0.4, 0.5) is 0 Å². The van der Waals surface area contributed by atoms with E-state index in [-0.39, 0.29) is 0 Å². The molecule has 0 saturated carbocycles. The molecule has 0 aliphatic rings. The van der Waals surface area contributed by atoms with Gasteiger partial charge in [-0.2, -0.15) is 5.26 Å². The number of fused-ring (bicyclic) bond motifs is 1. The summed E-state index contributed by atoms with van der Waals surface area (Å²) in [5.41, 5.74) is 1.82. The highest BCUT2D eigenvalue weighted by Crippen LogP contribution is 2.34. The van der Waals surface area contributed by atoms with Gasteiger partial charge in [0.25, 0.3) is 0 Å². The molecule has 2 rings (SSSR count). The van der Waals surface area contributed by atoms with Crippen molar-refractivity contribution in [3.05, 3.63) is 33.1 Å². The van der Waals surface area contributed by atoms with Gasteiger partial charge in [0.05, 0.1) is 10.3 Å². The van der Waals surface area contributed by atoms with Crippen LogP contribution in [0.2, 0.25) is 0 Å². The van der Waals surface area contributed by atoms with Crippen molar-refractivity contribution in [2.45, 2.75) is 5.33 Å². The molecular weight excluding hydrogens is 326 g/mol. The van der Waals surface area contributed by atoms with Gasteiger partial charge in [-0.3, -0.25) is 0 Å². The molecule has 70 valence electrons. The maximum absolute atomic E-state index is 9.08. The zero-order valence-electron chi connectivity index (χ0n) is 7.05. The first-order valence-electron chi connectivity index (χ1n) is 3.92. The van der Waals surface area contributed by atoms with Gasteiger partial charge in [0.1, 0.15) is 6.07 Å². The first-order chi connectivity index (χ1) is 6.77. The maximum atomic E-state index is 9.08. The van der Waals surface area contributed by atoms with Gasteiger partial charge >= 0.3 is 0 Å². The predicted molar refractivity (Wildman–Crippen MR) is 66.9 cm³/mol. The van der Waals surface area contributed by atoms with Crippen LogP contribution >= 0.6 is 43.2 Å². The molecule has 0 unspecified atom stereocenters. The molecule has 0 spiro atoms. The van der Waals surface area contributed by atoms with Crippen molar-refractivity contribution >= 4 is 53.3 Å². The maximum Gasteiger partial charge on any atom is 0.101 e. The van der Waals surface area contributed by atoms with Gasteiger partial charge < -0.3 is 0 Å². The van der Waals surface area contributed by atoms with Crippen LogP contribution in [0.25, 0.3) is 10.1 Å². The fourth-order valence-electron chi connectivity index (χ4n) is 1.37. The fourth-order valence-corrected chi connectivity index (χ4v) is 3.49. The summed E-state index contributed by atoms with van der Waals surface area (Å²) in [5.74, 6) is 0. The molecule has 0 fully saturated rings. The molecule has 0 amide bonds. The smallest absolute Gasteiger partial charge is 0.101 e. The second-order valence-corrected chi connectivity index (χ2v) is 5.13. The molecule has 1 aromatic heterocycles. The molecule has 0 aliphatic heterocycles. The number of benzene rings is 1. The zero-order valence-corrected chi connectivity index (χ0v) is 11.0. The van der Waals surface area contributed by atoms with Crippen molar-refractivity contribution < 1.29 is 0 Å². The molecule has 0 aliphatic carbocycles. The van der Waals surface area contributed by atoms with E-state index in [1.54, 1.807) is 11.3 Å². The van der Waals surface area contributed by atoms with Crippen LogP contribution in [-0.2, 0) is 5.33 Å². The minimum absolute atomic E-state index is 0.711. The van der Waals surface area contributed by atoms with Crippen molar-refractivity contribution in [3.63, 3.8) is 0 Å². The van der Waals surface area contributed by atoms with E-state index >= 15 is 0 Å². The van der Waals surface area contributed by atoms with Crippen LogP contribution in [0.15, 0.2) is 22.0 Å². The highest BCUT2D eigenvalue weighted by molar-refractivity contribution is 9.10. The Labute approximate surface area is 103 Å². The number of hydrogen-bond donors (Lipinski definition) is 0. The number of thiophene rings is 1. The van der Waals surface area contributed by atoms with Crippen molar-refractivity contribution in [2.75, 3.05) is 0 Å².